The van der Waals surface area contributed by atoms with Gasteiger partial charge in [0.2, 0.25) is 0 Å². The fourth-order valence-electron chi connectivity index (χ4n) is 2.69. The van der Waals surface area contributed by atoms with Crippen LogP contribution in [0.15, 0.2) is 12.1 Å². The van der Waals surface area contributed by atoms with Crippen LogP contribution in [-0.2, 0) is 0 Å². The average Bonchev–Trinajstić information content (AvgIpc) is 2.43. The summed E-state index contributed by atoms with van der Waals surface area (Å²) in [4.78, 5) is 12.1. The molecule has 2 rings (SSSR count). The van der Waals surface area contributed by atoms with Crippen molar-refractivity contribution in [3.05, 3.63) is 34.9 Å². The molecule has 1 aliphatic carbocycles. The van der Waals surface area contributed by atoms with Crippen LogP contribution in [-0.4, -0.2) is 17.0 Å². The van der Waals surface area contributed by atoms with Crippen molar-refractivity contribution in [3.8, 4) is 0 Å². The maximum Gasteiger partial charge on any atom is 0.197 e. The molecular formula is C15H18F2O2. The van der Waals surface area contributed by atoms with Gasteiger partial charge in [-0.05, 0) is 37.3 Å². The molecule has 0 amide bonds. The van der Waals surface area contributed by atoms with Crippen LogP contribution in [0.5, 0.6) is 0 Å². The van der Waals surface area contributed by atoms with Crippen LogP contribution in [0, 0.1) is 24.5 Å². The van der Waals surface area contributed by atoms with Gasteiger partial charge in [0.1, 0.15) is 17.7 Å². The Morgan fingerprint density at radius 1 is 1.26 bits per heavy atom. The van der Waals surface area contributed by atoms with Crippen LogP contribution in [0.2, 0.25) is 0 Å². The summed E-state index contributed by atoms with van der Waals surface area (Å²) >= 11 is 0. The van der Waals surface area contributed by atoms with Gasteiger partial charge in [0.15, 0.2) is 5.78 Å². The van der Waals surface area contributed by atoms with Crippen molar-refractivity contribution in [3.63, 3.8) is 0 Å². The fourth-order valence-corrected chi connectivity index (χ4v) is 2.69. The first kappa shape index (κ1) is 14.1. The van der Waals surface area contributed by atoms with Gasteiger partial charge in [0, 0.05) is 0 Å². The summed E-state index contributed by atoms with van der Waals surface area (Å²) in [7, 11) is 0. The predicted octanol–water partition coefficient (Wildman–Crippen LogP) is 3.40. The highest BCUT2D eigenvalue weighted by molar-refractivity contribution is 6.00. The number of Topliss-reactive ketones (excluding diaryl/α,β-unsaturated/α-hetero) is 1. The van der Waals surface area contributed by atoms with Crippen molar-refractivity contribution in [1.29, 1.82) is 0 Å². The Morgan fingerprint density at radius 2 is 1.89 bits per heavy atom. The van der Waals surface area contributed by atoms with E-state index in [9.17, 15) is 18.7 Å². The maximum atomic E-state index is 13.9. The van der Waals surface area contributed by atoms with Gasteiger partial charge >= 0.3 is 0 Å². The lowest BCUT2D eigenvalue weighted by atomic mass is 9.82. The van der Waals surface area contributed by atoms with Crippen LogP contribution < -0.4 is 0 Å². The molecule has 2 nitrogen and oxygen atoms in total. The van der Waals surface area contributed by atoms with E-state index in [0.29, 0.717) is 0 Å². The quantitative estimate of drug-likeness (QED) is 0.853. The van der Waals surface area contributed by atoms with Crippen LogP contribution in [0.25, 0.3) is 0 Å². The van der Waals surface area contributed by atoms with Gasteiger partial charge in [0.25, 0.3) is 0 Å². The second-order valence-electron chi connectivity index (χ2n) is 5.26. The SMILES string of the molecule is Cc1ccc(F)c(C(=O)C(O)C2CCCCC2)c1F. The van der Waals surface area contributed by atoms with Crippen molar-refractivity contribution in [1.82, 2.24) is 0 Å². The molecule has 1 aromatic carbocycles. The molecule has 4 heteroatoms. The van der Waals surface area contributed by atoms with Gasteiger partial charge in [0.05, 0.1) is 5.56 Å². The lowest BCUT2D eigenvalue weighted by Crippen LogP contribution is -2.32. The molecule has 1 atom stereocenters. The third kappa shape index (κ3) is 2.84. The fraction of sp³-hybridized carbons (Fsp3) is 0.533. The molecule has 0 saturated heterocycles. The third-order valence-corrected chi connectivity index (χ3v) is 3.90. The number of carbonyl (C=O) groups excluding carboxylic acids is 1. The number of hydrogen-bond acceptors (Lipinski definition) is 2. The molecule has 0 aliphatic heterocycles. The number of aryl methyl sites for hydroxylation is 1. The van der Waals surface area contributed by atoms with Gasteiger partial charge in [-0.15, -0.1) is 0 Å². The number of benzene rings is 1. The van der Waals surface area contributed by atoms with Crippen molar-refractivity contribution < 1.29 is 18.7 Å². The Balaban J connectivity index is 2.26. The number of halogens is 2. The Hall–Kier alpha value is -1.29. The first-order valence-electron chi connectivity index (χ1n) is 6.69. The third-order valence-electron chi connectivity index (χ3n) is 3.90. The van der Waals surface area contributed by atoms with Gasteiger partial charge in [-0.2, -0.15) is 0 Å². The molecule has 1 saturated carbocycles. The van der Waals surface area contributed by atoms with E-state index in [1.807, 2.05) is 0 Å². The van der Waals surface area contributed by atoms with E-state index in [4.69, 9.17) is 0 Å². The Kier molecular flexibility index (Phi) is 4.30. The summed E-state index contributed by atoms with van der Waals surface area (Å²) in [5, 5.41) is 10.1. The number of ketones is 1. The smallest absolute Gasteiger partial charge is 0.197 e. The molecule has 0 radical (unpaired) electrons. The van der Waals surface area contributed by atoms with Crippen LogP contribution in [0.1, 0.15) is 48.0 Å². The topological polar surface area (TPSA) is 37.3 Å². The minimum absolute atomic E-state index is 0.180. The summed E-state index contributed by atoms with van der Waals surface area (Å²) in [5.74, 6) is -2.77. The zero-order valence-corrected chi connectivity index (χ0v) is 11.0. The molecular weight excluding hydrogens is 250 g/mol. The molecule has 1 aliphatic rings. The predicted molar refractivity (Wildman–Crippen MR) is 68.0 cm³/mol. The Bertz CT molecular complexity index is 479. The van der Waals surface area contributed by atoms with E-state index in [1.165, 1.54) is 13.0 Å². The summed E-state index contributed by atoms with van der Waals surface area (Å²) in [5.41, 5.74) is -0.390. The molecule has 19 heavy (non-hydrogen) atoms. The largest absolute Gasteiger partial charge is 0.385 e. The van der Waals surface area contributed by atoms with Gasteiger partial charge < -0.3 is 5.11 Å². The molecule has 1 aromatic rings. The zero-order valence-electron chi connectivity index (χ0n) is 11.0. The summed E-state index contributed by atoms with van der Waals surface area (Å²) < 4.78 is 27.5. The number of rotatable bonds is 3. The highest BCUT2D eigenvalue weighted by atomic mass is 19.1. The van der Waals surface area contributed by atoms with Gasteiger partial charge in [-0.25, -0.2) is 8.78 Å². The van der Waals surface area contributed by atoms with E-state index in [-0.39, 0.29) is 11.5 Å². The first-order chi connectivity index (χ1) is 9.02. The van der Waals surface area contributed by atoms with Gasteiger partial charge in [-0.3, -0.25) is 4.79 Å². The Morgan fingerprint density at radius 3 is 2.53 bits per heavy atom. The van der Waals surface area contributed by atoms with E-state index in [0.717, 1.165) is 38.2 Å². The minimum atomic E-state index is -1.30. The average molecular weight is 268 g/mol. The highest BCUT2D eigenvalue weighted by Gasteiger charge is 2.31. The van der Waals surface area contributed by atoms with Crippen LogP contribution in [0.3, 0.4) is 0 Å². The van der Waals surface area contributed by atoms with Crippen molar-refractivity contribution >= 4 is 5.78 Å². The zero-order chi connectivity index (χ0) is 14.0. The molecule has 0 spiro atoms. The highest BCUT2D eigenvalue weighted by Crippen LogP contribution is 2.29. The lowest BCUT2D eigenvalue weighted by Gasteiger charge is -2.25. The molecule has 104 valence electrons. The lowest BCUT2D eigenvalue weighted by molar-refractivity contribution is 0.0526. The summed E-state index contributed by atoms with van der Waals surface area (Å²) in [6.45, 7) is 1.47. The summed E-state index contributed by atoms with van der Waals surface area (Å²) in [6, 6.07) is 2.35. The van der Waals surface area contributed by atoms with Crippen LogP contribution >= 0.6 is 0 Å². The number of hydrogen-bond donors (Lipinski definition) is 1. The van der Waals surface area contributed by atoms with E-state index in [1.54, 1.807) is 0 Å². The molecule has 0 aromatic heterocycles. The monoisotopic (exact) mass is 268 g/mol. The van der Waals surface area contributed by atoms with Crippen molar-refractivity contribution in [2.24, 2.45) is 5.92 Å². The molecule has 0 bridgehead atoms. The van der Waals surface area contributed by atoms with Gasteiger partial charge in [-0.1, -0.05) is 25.3 Å². The number of carbonyl (C=O) groups is 1. The minimum Gasteiger partial charge on any atom is -0.385 e. The van der Waals surface area contributed by atoms with E-state index in [2.05, 4.69) is 0 Å². The van der Waals surface area contributed by atoms with E-state index >= 15 is 0 Å². The van der Waals surface area contributed by atoms with E-state index < -0.39 is 29.1 Å². The maximum absolute atomic E-state index is 13.9. The van der Waals surface area contributed by atoms with Crippen LogP contribution in [0.4, 0.5) is 8.78 Å². The number of aliphatic hydroxyl groups excluding tert-OH is 1. The standard InChI is InChI=1S/C15H18F2O2/c1-9-7-8-11(16)12(13(9)17)15(19)14(18)10-5-3-2-4-6-10/h7-8,10,14,18H,2-6H2,1H3. The molecule has 0 heterocycles. The second-order valence-corrected chi connectivity index (χ2v) is 5.26. The first-order valence-corrected chi connectivity index (χ1v) is 6.69. The summed E-state index contributed by atoms with van der Waals surface area (Å²) in [6.07, 6.45) is 3.17. The molecule has 1 unspecified atom stereocenters. The normalized spacial score (nSPS) is 18.3. The molecule has 1 N–H and O–H groups in total. The van der Waals surface area contributed by atoms with Crippen molar-refractivity contribution in [2.75, 3.05) is 0 Å². The number of aliphatic hydroxyl groups is 1. The second kappa shape index (κ2) is 5.78. The Labute approximate surface area is 111 Å². The van der Waals surface area contributed by atoms with Crippen molar-refractivity contribution in [2.45, 2.75) is 45.1 Å². The molecule has 1 fully saturated rings.